The highest BCUT2D eigenvalue weighted by molar-refractivity contribution is 7.84. The molecule has 0 bridgehead atoms. The van der Waals surface area contributed by atoms with Crippen LogP contribution in [-0.2, 0) is 17.2 Å². The first-order valence-electron chi connectivity index (χ1n) is 8.59. The second-order valence-corrected chi connectivity index (χ2v) is 8.02. The van der Waals surface area contributed by atoms with Crippen molar-refractivity contribution in [2.75, 3.05) is 37.1 Å². The smallest absolute Gasteiger partial charge is 0.181 e. The highest BCUT2D eigenvalue weighted by Crippen LogP contribution is 2.38. The minimum Gasteiger partial charge on any atom is -0.493 e. The Morgan fingerprint density at radius 3 is 3.08 bits per heavy atom. The molecule has 0 saturated heterocycles. The van der Waals surface area contributed by atoms with Gasteiger partial charge < -0.3 is 14.6 Å². The summed E-state index contributed by atoms with van der Waals surface area (Å²) >= 11 is 0. The van der Waals surface area contributed by atoms with Crippen LogP contribution in [0.2, 0.25) is 0 Å². The van der Waals surface area contributed by atoms with Crippen LogP contribution in [0.15, 0.2) is 24.7 Å². The first-order valence-corrected chi connectivity index (χ1v) is 10.3. The number of nitrogens with one attached hydrogen (secondary N) is 1. The summed E-state index contributed by atoms with van der Waals surface area (Å²) in [6.07, 6.45) is 6.68. The third-order valence-electron chi connectivity index (χ3n) is 4.56. The zero-order valence-corrected chi connectivity index (χ0v) is 15.7. The van der Waals surface area contributed by atoms with Crippen LogP contribution in [0.1, 0.15) is 12.0 Å². The van der Waals surface area contributed by atoms with E-state index in [2.05, 4.69) is 37.9 Å². The Hall–Kier alpha value is -2.48. The third-order valence-corrected chi connectivity index (χ3v) is 5.43. The summed E-state index contributed by atoms with van der Waals surface area (Å²) in [6.45, 7) is 1.53. The molecule has 136 valence electrons. The Labute approximate surface area is 154 Å². The minimum absolute atomic E-state index is 0.560. The van der Waals surface area contributed by atoms with Crippen LogP contribution < -0.4 is 9.64 Å². The fraction of sp³-hybridized carbons (Fsp3) is 0.389. The highest BCUT2D eigenvalue weighted by atomic mass is 32.2. The maximum absolute atomic E-state index is 11.2. The molecule has 3 aromatic rings. The van der Waals surface area contributed by atoms with Crippen molar-refractivity contribution in [3.63, 3.8) is 0 Å². The van der Waals surface area contributed by atoms with Crippen LogP contribution >= 0.6 is 0 Å². The molecule has 1 N–H and O–H groups in total. The summed E-state index contributed by atoms with van der Waals surface area (Å²) < 4.78 is 17.3. The summed E-state index contributed by atoms with van der Waals surface area (Å²) in [5.41, 5.74) is 4.82. The van der Waals surface area contributed by atoms with Gasteiger partial charge in [0.1, 0.15) is 23.4 Å². The summed E-state index contributed by atoms with van der Waals surface area (Å²) in [5, 5.41) is 0. The van der Waals surface area contributed by atoms with Gasteiger partial charge in [0.15, 0.2) is 5.65 Å². The molecule has 0 radical (unpaired) electrons. The van der Waals surface area contributed by atoms with E-state index in [0.29, 0.717) is 18.0 Å². The molecule has 1 aliphatic rings. The molecule has 1 unspecified atom stereocenters. The molecule has 8 heteroatoms. The maximum Gasteiger partial charge on any atom is 0.181 e. The number of likely N-dealkylation sites (N-methyl/N-ethyl adjacent to an activating group) is 1. The van der Waals surface area contributed by atoms with E-state index in [1.165, 1.54) is 17.6 Å². The van der Waals surface area contributed by atoms with E-state index in [4.69, 9.17) is 4.74 Å². The maximum atomic E-state index is 11.2. The Morgan fingerprint density at radius 2 is 2.27 bits per heavy atom. The average molecular weight is 371 g/mol. The molecule has 0 spiro atoms. The van der Waals surface area contributed by atoms with Crippen LogP contribution in [0.4, 0.5) is 5.69 Å². The second-order valence-electron chi connectivity index (χ2n) is 6.47. The quantitative estimate of drug-likeness (QED) is 0.669. The Kier molecular flexibility index (Phi) is 4.58. The van der Waals surface area contributed by atoms with Gasteiger partial charge in [0, 0.05) is 53.2 Å². The van der Waals surface area contributed by atoms with Crippen molar-refractivity contribution < 1.29 is 8.95 Å². The zero-order chi connectivity index (χ0) is 18.1. The van der Waals surface area contributed by atoms with Gasteiger partial charge in [0.05, 0.1) is 12.8 Å². The largest absolute Gasteiger partial charge is 0.493 e. The van der Waals surface area contributed by atoms with Gasteiger partial charge in [0.2, 0.25) is 0 Å². The van der Waals surface area contributed by atoms with E-state index < -0.39 is 10.8 Å². The number of nitrogens with zero attached hydrogens (tertiary/aromatic N) is 4. The van der Waals surface area contributed by atoms with Crippen molar-refractivity contribution in [3.8, 4) is 17.1 Å². The fourth-order valence-corrected chi connectivity index (χ4v) is 3.76. The van der Waals surface area contributed by atoms with Crippen LogP contribution in [0.25, 0.3) is 22.6 Å². The number of benzene rings is 1. The van der Waals surface area contributed by atoms with E-state index in [1.807, 2.05) is 6.07 Å². The summed E-state index contributed by atoms with van der Waals surface area (Å²) in [5.74, 6) is 2.29. The number of aromatic nitrogens is 4. The first-order chi connectivity index (χ1) is 12.6. The van der Waals surface area contributed by atoms with Crippen LogP contribution in [0, 0.1) is 0 Å². The molecule has 4 rings (SSSR count). The number of aromatic amines is 1. The zero-order valence-electron chi connectivity index (χ0n) is 14.9. The molecule has 1 aromatic carbocycles. The summed E-state index contributed by atoms with van der Waals surface area (Å²) in [7, 11) is 1.30. The predicted molar refractivity (Wildman–Crippen MR) is 103 cm³/mol. The lowest BCUT2D eigenvalue weighted by molar-refractivity contribution is 0.316. The Morgan fingerprint density at radius 1 is 1.38 bits per heavy atom. The van der Waals surface area contributed by atoms with E-state index >= 15 is 0 Å². The minimum atomic E-state index is -0.788. The normalized spacial score (nSPS) is 14.6. The van der Waals surface area contributed by atoms with Crippen molar-refractivity contribution in [2.45, 2.75) is 12.8 Å². The summed E-state index contributed by atoms with van der Waals surface area (Å²) in [4.78, 5) is 18.3. The average Bonchev–Trinajstić information content (AvgIpc) is 3.22. The van der Waals surface area contributed by atoms with Gasteiger partial charge in [-0.1, -0.05) is 0 Å². The number of H-pyrrole nitrogens is 1. The molecule has 1 aliphatic heterocycles. The van der Waals surface area contributed by atoms with Gasteiger partial charge >= 0.3 is 0 Å². The molecule has 7 nitrogen and oxygen atoms in total. The SMILES string of the molecule is CN1CCc2c(OCCCS(C)=O)cc(-c3nc4ncncc4[nH]3)cc21. The molecule has 26 heavy (non-hydrogen) atoms. The van der Waals surface area contributed by atoms with Gasteiger partial charge in [-0.3, -0.25) is 4.21 Å². The molecule has 1 atom stereocenters. The molecule has 0 fully saturated rings. The van der Waals surface area contributed by atoms with Crippen molar-refractivity contribution in [2.24, 2.45) is 0 Å². The molecule has 3 heterocycles. The number of hydrogen-bond donors (Lipinski definition) is 1. The lowest BCUT2D eigenvalue weighted by atomic mass is 10.1. The van der Waals surface area contributed by atoms with Crippen molar-refractivity contribution in [3.05, 3.63) is 30.2 Å². The number of imidazole rings is 1. The van der Waals surface area contributed by atoms with Gasteiger partial charge in [-0.2, -0.15) is 0 Å². The van der Waals surface area contributed by atoms with Crippen LogP contribution in [-0.4, -0.2) is 56.4 Å². The monoisotopic (exact) mass is 371 g/mol. The van der Waals surface area contributed by atoms with Crippen molar-refractivity contribution in [1.82, 2.24) is 19.9 Å². The molecular weight excluding hydrogens is 350 g/mol. The Bertz CT molecular complexity index is 938. The van der Waals surface area contributed by atoms with Crippen molar-refractivity contribution >= 4 is 27.7 Å². The van der Waals surface area contributed by atoms with E-state index in [9.17, 15) is 4.21 Å². The first kappa shape index (κ1) is 17.0. The van der Waals surface area contributed by atoms with Gasteiger partial charge in [-0.25, -0.2) is 15.0 Å². The molecule has 0 saturated carbocycles. The number of fused-ring (bicyclic) bond motifs is 2. The molecule has 0 aliphatic carbocycles. The lowest BCUT2D eigenvalue weighted by Crippen LogP contribution is -2.12. The van der Waals surface area contributed by atoms with E-state index in [1.54, 1.807) is 12.5 Å². The van der Waals surface area contributed by atoms with Crippen LogP contribution in [0.5, 0.6) is 5.75 Å². The number of hydrogen-bond acceptors (Lipinski definition) is 6. The molecule has 2 aromatic heterocycles. The van der Waals surface area contributed by atoms with Crippen molar-refractivity contribution in [1.29, 1.82) is 0 Å². The van der Waals surface area contributed by atoms with Gasteiger partial charge in [-0.15, -0.1) is 0 Å². The third kappa shape index (κ3) is 3.29. The van der Waals surface area contributed by atoms with Gasteiger partial charge in [-0.05, 0) is 25.0 Å². The summed E-state index contributed by atoms with van der Waals surface area (Å²) in [6, 6.07) is 4.17. The lowest BCUT2D eigenvalue weighted by Gasteiger charge is -2.16. The number of rotatable bonds is 6. The highest BCUT2D eigenvalue weighted by Gasteiger charge is 2.22. The standard InChI is InChI=1S/C18H21N5O2S/c1-23-5-4-13-15(23)8-12(9-16(13)25-6-3-7-26(2)24)17-21-14-10-19-11-20-18(14)22-17/h8-11H,3-7H2,1-2H3,(H,19,20,21,22). The second kappa shape index (κ2) is 7.03. The molecule has 0 amide bonds. The van der Waals surface area contributed by atoms with Gasteiger partial charge in [0.25, 0.3) is 0 Å². The van der Waals surface area contributed by atoms with E-state index in [-0.39, 0.29) is 0 Å². The number of ether oxygens (including phenoxy) is 1. The predicted octanol–water partition coefficient (Wildman–Crippen LogP) is 2.16. The Balaban J connectivity index is 1.67. The number of anilines is 1. The molecular formula is C18H21N5O2S. The van der Waals surface area contributed by atoms with E-state index in [0.717, 1.165) is 42.0 Å². The fourth-order valence-electron chi connectivity index (χ4n) is 3.23. The topological polar surface area (TPSA) is 84.0 Å². The van der Waals surface area contributed by atoms with Crippen LogP contribution in [0.3, 0.4) is 0 Å².